The van der Waals surface area contributed by atoms with Crippen molar-refractivity contribution in [2.45, 2.75) is 19.4 Å². The smallest absolute Gasteiger partial charge is 0.0656 e. The average Bonchev–Trinajstić information content (AvgIpc) is 2.72. The lowest BCUT2D eigenvalue weighted by Gasteiger charge is -2.28. The maximum Gasteiger partial charge on any atom is 0.0656 e. The van der Waals surface area contributed by atoms with Crippen LogP contribution in [0.25, 0.3) is 0 Å². The second kappa shape index (κ2) is 4.59. The molecule has 1 aliphatic heterocycles. The first kappa shape index (κ1) is 9.70. The third-order valence-corrected chi connectivity index (χ3v) is 3.59. The van der Waals surface area contributed by atoms with Gasteiger partial charge < -0.3 is 0 Å². The van der Waals surface area contributed by atoms with Gasteiger partial charge >= 0.3 is 0 Å². The van der Waals surface area contributed by atoms with E-state index in [9.17, 15) is 0 Å². The number of thiophene rings is 1. The molecule has 0 N–H and O–H groups in total. The molecule has 1 aromatic heterocycles. The van der Waals surface area contributed by atoms with E-state index >= 15 is 0 Å². The molecule has 0 aliphatic carbocycles. The number of hydrogen-bond donors (Lipinski definition) is 0. The summed E-state index contributed by atoms with van der Waals surface area (Å²) in [6.07, 6.45) is 2.09. The second-order valence-corrected chi connectivity index (χ2v) is 4.79. The van der Waals surface area contributed by atoms with Gasteiger partial charge in [-0.1, -0.05) is 6.07 Å². The lowest BCUT2D eigenvalue weighted by Crippen LogP contribution is -2.32. The van der Waals surface area contributed by atoms with Crippen LogP contribution in [0.1, 0.15) is 17.7 Å². The zero-order chi connectivity index (χ0) is 9.80. The van der Waals surface area contributed by atoms with Crippen LogP contribution in [-0.2, 0) is 6.54 Å². The Balaban J connectivity index is 1.82. The molecule has 0 amide bonds. The number of rotatable bonds is 2. The maximum absolute atomic E-state index is 8.77. The average molecular weight is 206 g/mol. The van der Waals surface area contributed by atoms with E-state index in [-0.39, 0.29) is 0 Å². The van der Waals surface area contributed by atoms with Crippen LogP contribution < -0.4 is 0 Å². The Bertz CT molecular complexity index is 305. The molecule has 1 aromatic rings. The van der Waals surface area contributed by atoms with Gasteiger partial charge in [-0.2, -0.15) is 5.26 Å². The molecule has 0 unspecified atom stereocenters. The highest BCUT2D eigenvalue weighted by molar-refractivity contribution is 7.09. The first-order valence-corrected chi connectivity index (χ1v) is 5.91. The van der Waals surface area contributed by atoms with Crippen LogP contribution >= 0.6 is 11.3 Å². The van der Waals surface area contributed by atoms with Crippen molar-refractivity contribution in [1.82, 2.24) is 4.90 Å². The van der Waals surface area contributed by atoms with E-state index < -0.39 is 0 Å². The standard InChI is InChI=1S/C11H14N2S/c12-8-10-3-5-13(6-4-10)9-11-2-1-7-14-11/h1-2,7,10H,3-6,9H2. The summed E-state index contributed by atoms with van der Waals surface area (Å²) in [6, 6.07) is 6.64. The van der Waals surface area contributed by atoms with E-state index in [0.717, 1.165) is 32.5 Å². The van der Waals surface area contributed by atoms with Crippen LogP contribution in [-0.4, -0.2) is 18.0 Å². The van der Waals surface area contributed by atoms with Gasteiger partial charge in [0.2, 0.25) is 0 Å². The van der Waals surface area contributed by atoms with E-state index in [1.807, 2.05) is 11.3 Å². The molecule has 2 rings (SSSR count). The van der Waals surface area contributed by atoms with Gasteiger partial charge in [-0.05, 0) is 37.4 Å². The molecule has 1 aliphatic rings. The molecule has 0 aromatic carbocycles. The summed E-state index contributed by atoms with van der Waals surface area (Å²) < 4.78 is 0. The van der Waals surface area contributed by atoms with Gasteiger partial charge in [-0.3, -0.25) is 4.90 Å². The lowest BCUT2D eigenvalue weighted by atomic mass is 9.99. The summed E-state index contributed by atoms with van der Waals surface area (Å²) in [4.78, 5) is 3.88. The fourth-order valence-electron chi connectivity index (χ4n) is 1.84. The minimum Gasteiger partial charge on any atom is -0.298 e. The minimum absolute atomic E-state index is 0.301. The van der Waals surface area contributed by atoms with Crippen molar-refractivity contribution in [2.75, 3.05) is 13.1 Å². The molecule has 0 atom stereocenters. The molecular formula is C11H14N2S. The van der Waals surface area contributed by atoms with Crippen molar-refractivity contribution < 1.29 is 0 Å². The highest BCUT2D eigenvalue weighted by Gasteiger charge is 2.18. The Labute approximate surface area is 88.8 Å². The fraction of sp³-hybridized carbons (Fsp3) is 0.545. The molecule has 1 fully saturated rings. The van der Waals surface area contributed by atoms with E-state index in [1.54, 1.807) is 0 Å². The van der Waals surface area contributed by atoms with Gasteiger partial charge in [0.25, 0.3) is 0 Å². The maximum atomic E-state index is 8.77. The van der Waals surface area contributed by atoms with Crippen LogP contribution in [0.5, 0.6) is 0 Å². The van der Waals surface area contributed by atoms with E-state index in [1.165, 1.54) is 4.88 Å². The number of likely N-dealkylation sites (tertiary alicyclic amines) is 1. The highest BCUT2D eigenvalue weighted by atomic mass is 32.1. The van der Waals surface area contributed by atoms with Crippen LogP contribution in [0.3, 0.4) is 0 Å². The second-order valence-electron chi connectivity index (χ2n) is 3.76. The van der Waals surface area contributed by atoms with Crippen molar-refractivity contribution in [2.24, 2.45) is 5.92 Å². The molecule has 14 heavy (non-hydrogen) atoms. The quantitative estimate of drug-likeness (QED) is 0.743. The first-order valence-electron chi connectivity index (χ1n) is 5.03. The monoisotopic (exact) mass is 206 g/mol. The summed E-state index contributed by atoms with van der Waals surface area (Å²) in [6.45, 7) is 3.22. The van der Waals surface area contributed by atoms with Crippen LogP contribution in [0.4, 0.5) is 0 Å². The number of hydrogen-bond acceptors (Lipinski definition) is 3. The van der Waals surface area contributed by atoms with Gasteiger partial charge in [-0.25, -0.2) is 0 Å². The fourth-order valence-corrected chi connectivity index (χ4v) is 2.59. The molecule has 0 bridgehead atoms. The Morgan fingerprint density at radius 1 is 1.50 bits per heavy atom. The molecular weight excluding hydrogens is 192 g/mol. The van der Waals surface area contributed by atoms with Crippen molar-refractivity contribution in [3.63, 3.8) is 0 Å². The number of piperidine rings is 1. The van der Waals surface area contributed by atoms with Crippen molar-refractivity contribution in [1.29, 1.82) is 5.26 Å². The summed E-state index contributed by atoms with van der Waals surface area (Å²) in [5.41, 5.74) is 0. The van der Waals surface area contributed by atoms with Crippen LogP contribution in [0.15, 0.2) is 17.5 Å². The van der Waals surface area contributed by atoms with Crippen molar-refractivity contribution in [3.05, 3.63) is 22.4 Å². The van der Waals surface area contributed by atoms with Crippen molar-refractivity contribution >= 4 is 11.3 Å². The van der Waals surface area contributed by atoms with E-state index in [4.69, 9.17) is 5.26 Å². The molecule has 0 radical (unpaired) electrons. The van der Waals surface area contributed by atoms with Crippen LogP contribution in [0, 0.1) is 17.2 Å². The first-order chi connectivity index (χ1) is 6.88. The Morgan fingerprint density at radius 2 is 2.29 bits per heavy atom. The normalized spacial score (nSPS) is 19.4. The Kier molecular flexibility index (Phi) is 3.18. The van der Waals surface area contributed by atoms with Crippen LogP contribution in [0.2, 0.25) is 0 Å². The number of nitrogens with zero attached hydrogens (tertiary/aromatic N) is 2. The van der Waals surface area contributed by atoms with Gasteiger partial charge in [0.15, 0.2) is 0 Å². The van der Waals surface area contributed by atoms with Gasteiger partial charge in [0.1, 0.15) is 0 Å². The minimum atomic E-state index is 0.301. The SMILES string of the molecule is N#CC1CCN(Cc2cccs2)CC1. The predicted molar refractivity (Wildman–Crippen MR) is 57.9 cm³/mol. The molecule has 0 spiro atoms. The molecule has 74 valence electrons. The van der Waals surface area contributed by atoms with E-state index in [2.05, 4.69) is 28.5 Å². The Hall–Kier alpha value is -0.850. The molecule has 2 nitrogen and oxygen atoms in total. The van der Waals surface area contributed by atoms with Gasteiger partial charge in [0, 0.05) is 17.3 Å². The zero-order valence-corrected chi connectivity index (χ0v) is 8.96. The highest BCUT2D eigenvalue weighted by Crippen LogP contribution is 2.19. The van der Waals surface area contributed by atoms with Crippen molar-refractivity contribution in [3.8, 4) is 6.07 Å². The molecule has 1 saturated heterocycles. The summed E-state index contributed by atoms with van der Waals surface area (Å²) in [5, 5.41) is 10.9. The largest absolute Gasteiger partial charge is 0.298 e. The lowest BCUT2D eigenvalue weighted by molar-refractivity contribution is 0.199. The molecule has 3 heteroatoms. The number of nitriles is 1. The van der Waals surface area contributed by atoms with Gasteiger partial charge in [0.05, 0.1) is 6.07 Å². The Morgan fingerprint density at radius 3 is 2.86 bits per heavy atom. The molecule has 0 saturated carbocycles. The van der Waals surface area contributed by atoms with E-state index in [0.29, 0.717) is 5.92 Å². The zero-order valence-electron chi connectivity index (χ0n) is 8.15. The summed E-state index contributed by atoms with van der Waals surface area (Å²) >= 11 is 1.82. The third kappa shape index (κ3) is 2.34. The summed E-state index contributed by atoms with van der Waals surface area (Å²) in [5.74, 6) is 0.301. The third-order valence-electron chi connectivity index (χ3n) is 2.73. The van der Waals surface area contributed by atoms with Gasteiger partial charge in [-0.15, -0.1) is 11.3 Å². The predicted octanol–water partition coefficient (Wildman–Crippen LogP) is 2.48. The summed E-state index contributed by atoms with van der Waals surface area (Å²) in [7, 11) is 0. The topological polar surface area (TPSA) is 27.0 Å². The molecule has 2 heterocycles.